The van der Waals surface area contributed by atoms with Gasteiger partial charge in [0.2, 0.25) is 5.91 Å². The largest absolute Gasteiger partial charge is 0.354 e. The van der Waals surface area contributed by atoms with Crippen LogP contribution in [0.4, 0.5) is 0 Å². The second kappa shape index (κ2) is 9.03. The zero-order valence-corrected chi connectivity index (χ0v) is 17.9. The summed E-state index contributed by atoms with van der Waals surface area (Å²) in [5, 5.41) is 3.11. The number of nitrogens with one attached hydrogen (secondary N) is 1. The van der Waals surface area contributed by atoms with Crippen LogP contribution in [0, 0.1) is 12.8 Å². The van der Waals surface area contributed by atoms with Crippen LogP contribution in [0.25, 0.3) is 0 Å². The number of nitrogens with zero attached hydrogens (tertiary/aromatic N) is 2. The minimum atomic E-state index is -3.41. The summed E-state index contributed by atoms with van der Waals surface area (Å²) in [7, 11) is -3.41. The predicted octanol–water partition coefficient (Wildman–Crippen LogP) is 2.45. The van der Waals surface area contributed by atoms with E-state index in [1.54, 1.807) is 10.4 Å². The van der Waals surface area contributed by atoms with Gasteiger partial charge in [0.15, 0.2) is 0 Å². The van der Waals surface area contributed by atoms with E-state index in [2.05, 4.69) is 10.2 Å². The average Bonchev–Trinajstić information content (AvgIpc) is 3.13. The molecular weight excluding hydrogens is 382 g/mol. The monoisotopic (exact) mass is 413 g/mol. The molecule has 3 rings (SSSR count). The van der Waals surface area contributed by atoms with Crippen molar-refractivity contribution in [3.63, 3.8) is 0 Å². The van der Waals surface area contributed by atoms with Crippen LogP contribution in [-0.4, -0.2) is 62.3 Å². The fraction of sp³-hybridized carbons (Fsp3) is 0.737. The van der Waals surface area contributed by atoms with Crippen LogP contribution in [0.3, 0.4) is 0 Å². The highest BCUT2D eigenvalue weighted by Gasteiger charge is 2.32. The lowest BCUT2D eigenvalue weighted by Crippen LogP contribution is -2.55. The Labute approximate surface area is 167 Å². The molecule has 0 spiro atoms. The molecule has 1 N–H and O–H groups in total. The van der Waals surface area contributed by atoms with Crippen molar-refractivity contribution in [2.45, 2.75) is 56.2 Å². The number of sulfonamides is 1. The first kappa shape index (κ1) is 20.8. The highest BCUT2D eigenvalue weighted by Crippen LogP contribution is 2.25. The van der Waals surface area contributed by atoms with Crippen LogP contribution in [0.15, 0.2) is 16.3 Å². The Kier molecular flexibility index (Phi) is 6.94. The van der Waals surface area contributed by atoms with E-state index in [-0.39, 0.29) is 11.9 Å². The van der Waals surface area contributed by atoms with Gasteiger partial charge in [-0.05, 0) is 44.7 Å². The molecule has 1 unspecified atom stereocenters. The Morgan fingerprint density at radius 3 is 2.44 bits per heavy atom. The van der Waals surface area contributed by atoms with E-state index in [9.17, 15) is 13.2 Å². The van der Waals surface area contributed by atoms with E-state index >= 15 is 0 Å². The minimum Gasteiger partial charge on any atom is -0.354 e. The van der Waals surface area contributed by atoms with Gasteiger partial charge in [0.05, 0.1) is 6.04 Å². The molecular formula is C19H31N3O3S2. The standard InChI is InChI=1S/C19H31N3O3S2/c1-15-8-9-18(26-15)27(24,25)22-12-10-21(11-13-22)16(2)19(23)20-14-17-6-4-3-5-7-17/h8-9,16-17H,3-7,10-14H2,1-2H3,(H,20,23). The quantitative estimate of drug-likeness (QED) is 0.778. The number of amides is 1. The maximum absolute atomic E-state index is 12.7. The van der Waals surface area contributed by atoms with E-state index in [4.69, 9.17) is 0 Å². The summed E-state index contributed by atoms with van der Waals surface area (Å²) in [6.45, 7) is 6.63. The van der Waals surface area contributed by atoms with Gasteiger partial charge in [-0.3, -0.25) is 9.69 Å². The third-order valence-electron chi connectivity index (χ3n) is 5.80. The van der Waals surface area contributed by atoms with Crippen LogP contribution < -0.4 is 5.32 Å². The molecule has 0 aromatic carbocycles. The van der Waals surface area contributed by atoms with Crippen LogP contribution in [0.5, 0.6) is 0 Å². The maximum atomic E-state index is 12.7. The van der Waals surface area contributed by atoms with Crippen molar-refractivity contribution in [3.05, 3.63) is 17.0 Å². The Bertz CT molecular complexity index is 733. The van der Waals surface area contributed by atoms with Crippen molar-refractivity contribution >= 4 is 27.3 Å². The van der Waals surface area contributed by atoms with Crippen LogP contribution in [-0.2, 0) is 14.8 Å². The molecule has 27 heavy (non-hydrogen) atoms. The van der Waals surface area contributed by atoms with Gasteiger partial charge < -0.3 is 5.32 Å². The number of rotatable bonds is 6. The van der Waals surface area contributed by atoms with E-state index in [0.717, 1.165) is 11.4 Å². The summed E-state index contributed by atoms with van der Waals surface area (Å²) in [5.41, 5.74) is 0. The molecule has 0 bridgehead atoms. The lowest BCUT2D eigenvalue weighted by atomic mass is 9.89. The maximum Gasteiger partial charge on any atom is 0.252 e. The summed E-state index contributed by atoms with van der Waals surface area (Å²) in [4.78, 5) is 15.6. The van der Waals surface area contributed by atoms with Crippen LogP contribution >= 0.6 is 11.3 Å². The molecule has 1 aromatic rings. The molecule has 1 aromatic heterocycles. The fourth-order valence-corrected chi connectivity index (χ4v) is 6.82. The number of aryl methyl sites for hydroxylation is 1. The number of carbonyl (C=O) groups is 1. The van der Waals surface area contributed by atoms with Gasteiger partial charge >= 0.3 is 0 Å². The molecule has 152 valence electrons. The van der Waals surface area contributed by atoms with Crippen molar-refractivity contribution in [2.75, 3.05) is 32.7 Å². The molecule has 1 aliphatic carbocycles. The van der Waals surface area contributed by atoms with Crippen molar-refractivity contribution < 1.29 is 13.2 Å². The molecule has 1 atom stereocenters. The summed E-state index contributed by atoms with van der Waals surface area (Å²) in [5.74, 6) is 0.678. The highest BCUT2D eigenvalue weighted by molar-refractivity contribution is 7.91. The lowest BCUT2D eigenvalue weighted by molar-refractivity contribution is -0.126. The van der Waals surface area contributed by atoms with Crippen molar-refractivity contribution in [1.29, 1.82) is 0 Å². The Balaban J connectivity index is 1.48. The molecule has 2 heterocycles. The Hall–Kier alpha value is -0.960. The van der Waals surface area contributed by atoms with Gasteiger partial charge in [0.1, 0.15) is 4.21 Å². The number of thiophene rings is 1. The normalized spacial score (nSPS) is 21.9. The number of hydrogen-bond donors (Lipinski definition) is 1. The number of carbonyl (C=O) groups excluding carboxylic acids is 1. The van der Waals surface area contributed by atoms with Crippen molar-refractivity contribution in [1.82, 2.24) is 14.5 Å². The topological polar surface area (TPSA) is 69.7 Å². The first-order valence-corrected chi connectivity index (χ1v) is 12.2. The lowest BCUT2D eigenvalue weighted by Gasteiger charge is -2.36. The fourth-order valence-electron chi connectivity index (χ4n) is 3.96. The summed E-state index contributed by atoms with van der Waals surface area (Å²) >= 11 is 1.31. The molecule has 1 saturated carbocycles. The molecule has 1 saturated heterocycles. The summed E-state index contributed by atoms with van der Waals surface area (Å²) in [6.07, 6.45) is 6.30. The number of hydrogen-bond acceptors (Lipinski definition) is 5. The van der Waals surface area contributed by atoms with E-state index < -0.39 is 10.0 Å². The Morgan fingerprint density at radius 1 is 1.19 bits per heavy atom. The second-order valence-corrected chi connectivity index (χ2v) is 11.2. The smallest absolute Gasteiger partial charge is 0.252 e. The van der Waals surface area contributed by atoms with E-state index in [1.165, 1.54) is 43.4 Å². The molecule has 1 amide bonds. The minimum absolute atomic E-state index is 0.0609. The molecule has 0 radical (unpaired) electrons. The molecule has 2 fully saturated rings. The van der Waals surface area contributed by atoms with Gasteiger partial charge in [0.25, 0.3) is 10.0 Å². The summed E-state index contributed by atoms with van der Waals surface area (Å²) in [6, 6.07) is 3.30. The Morgan fingerprint density at radius 2 is 1.85 bits per heavy atom. The first-order valence-electron chi connectivity index (χ1n) is 9.96. The predicted molar refractivity (Wildman–Crippen MR) is 108 cm³/mol. The van der Waals surface area contributed by atoms with Crippen molar-refractivity contribution in [3.8, 4) is 0 Å². The molecule has 1 aliphatic heterocycles. The van der Waals surface area contributed by atoms with Gasteiger partial charge in [-0.2, -0.15) is 4.31 Å². The van der Waals surface area contributed by atoms with E-state index in [0.29, 0.717) is 36.3 Å². The second-order valence-electron chi connectivity index (χ2n) is 7.73. The molecule has 8 heteroatoms. The SMILES string of the molecule is Cc1ccc(S(=O)(=O)N2CCN(C(C)C(=O)NCC3CCCCC3)CC2)s1. The van der Waals surface area contributed by atoms with E-state index in [1.807, 2.05) is 19.9 Å². The summed E-state index contributed by atoms with van der Waals surface area (Å²) < 4.78 is 27.4. The van der Waals surface area contributed by atoms with Crippen molar-refractivity contribution in [2.24, 2.45) is 5.92 Å². The van der Waals surface area contributed by atoms with Gasteiger partial charge in [-0.1, -0.05) is 19.3 Å². The van der Waals surface area contributed by atoms with Gasteiger partial charge in [-0.25, -0.2) is 8.42 Å². The molecule has 6 nitrogen and oxygen atoms in total. The molecule has 2 aliphatic rings. The van der Waals surface area contributed by atoms with Crippen LogP contribution in [0.1, 0.15) is 43.9 Å². The van der Waals surface area contributed by atoms with Gasteiger partial charge in [0, 0.05) is 37.6 Å². The third kappa shape index (κ3) is 5.10. The third-order valence-corrected chi connectivity index (χ3v) is 9.17. The highest BCUT2D eigenvalue weighted by atomic mass is 32.2. The van der Waals surface area contributed by atoms with Crippen LogP contribution in [0.2, 0.25) is 0 Å². The first-order chi connectivity index (χ1) is 12.9. The zero-order chi connectivity index (χ0) is 19.4. The number of piperazine rings is 1. The van der Waals surface area contributed by atoms with Gasteiger partial charge in [-0.15, -0.1) is 11.3 Å². The average molecular weight is 414 g/mol. The zero-order valence-electron chi connectivity index (χ0n) is 16.3.